The fraction of sp³-hybridized carbons (Fsp3) is 0.600. The number of hydrogen-bond acceptors (Lipinski definition) is 3. The average Bonchev–Trinajstić information content (AvgIpc) is 2.40. The molecule has 1 aromatic carbocycles. The van der Waals surface area contributed by atoms with Crippen molar-refractivity contribution in [2.75, 3.05) is 6.61 Å². The average molecular weight is 249 g/mol. The topological polar surface area (TPSA) is 44.5 Å². The summed E-state index contributed by atoms with van der Waals surface area (Å²) >= 11 is 0. The summed E-state index contributed by atoms with van der Waals surface area (Å²) in [5.41, 5.74) is 5.91. The number of para-hydroxylation sites is 2. The maximum atomic E-state index is 6.05. The van der Waals surface area contributed by atoms with Gasteiger partial charge in [-0.15, -0.1) is 0 Å². The van der Waals surface area contributed by atoms with E-state index < -0.39 is 0 Å². The second-order valence-corrected chi connectivity index (χ2v) is 4.95. The van der Waals surface area contributed by atoms with Crippen LogP contribution in [0.4, 0.5) is 0 Å². The van der Waals surface area contributed by atoms with Crippen LogP contribution in [0.1, 0.15) is 39.0 Å². The molecule has 1 saturated carbocycles. The van der Waals surface area contributed by atoms with E-state index >= 15 is 0 Å². The van der Waals surface area contributed by atoms with Crippen LogP contribution in [0.5, 0.6) is 11.5 Å². The van der Waals surface area contributed by atoms with Gasteiger partial charge in [-0.3, -0.25) is 0 Å². The van der Waals surface area contributed by atoms with Crippen molar-refractivity contribution in [2.24, 2.45) is 5.73 Å². The first-order valence-corrected chi connectivity index (χ1v) is 6.93. The Morgan fingerprint density at radius 1 is 1.11 bits per heavy atom. The van der Waals surface area contributed by atoms with Gasteiger partial charge < -0.3 is 15.2 Å². The molecule has 0 unspecified atom stereocenters. The Hall–Kier alpha value is -1.22. The Balaban J connectivity index is 1.95. The maximum absolute atomic E-state index is 6.05. The van der Waals surface area contributed by atoms with Crippen molar-refractivity contribution in [1.29, 1.82) is 0 Å². The molecule has 0 amide bonds. The highest BCUT2D eigenvalue weighted by atomic mass is 16.5. The van der Waals surface area contributed by atoms with E-state index in [2.05, 4.69) is 6.92 Å². The Labute approximate surface area is 109 Å². The molecule has 18 heavy (non-hydrogen) atoms. The normalized spacial score (nSPS) is 23.7. The van der Waals surface area contributed by atoms with E-state index in [4.69, 9.17) is 15.2 Å². The molecule has 0 aliphatic heterocycles. The van der Waals surface area contributed by atoms with Gasteiger partial charge in [-0.25, -0.2) is 0 Å². The first-order chi connectivity index (χ1) is 8.79. The van der Waals surface area contributed by atoms with E-state index in [0.717, 1.165) is 50.2 Å². The van der Waals surface area contributed by atoms with E-state index in [9.17, 15) is 0 Å². The molecule has 1 aromatic rings. The van der Waals surface area contributed by atoms with Crippen molar-refractivity contribution in [3.05, 3.63) is 24.3 Å². The van der Waals surface area contributed by atoms with Crippen LogP contribution in [0.15, 0.2) is 24.3 Å². The van der Waals surface area contributed by atoms with Crippen LogP contribution >= 0.6 is 0 Å². The van der Waals surface area contributed by atoms with Crippen molar-refractivity contribution in [3.63, 3.8) is 0 Å². The van der Waals surface area contributed by atoms with Gasteiger partial charge in [-0.1, -0.05) is 19.1 Å². The van der Waals surface area contributed by atoms with Gasteiger partial charge in [-0.05, 0) is 44.2 Å². The summed E-state index contributed by atoms with van der Waals surface area (Å²) in [6, 6.07) is 8.28. The minimum atomic E-state index is 0.288. The Morgan fingerprint density at radius 3 is 2.44 bits per heavy atom. The summed E-state index contributed by atoms with van der Waals surface area (Å²) in [6.07, 6.45) is 5.50. The highest BCUT2D eigenvalue weighted by molar-refractivity contribution is 5.39. The highest BCUT2D eigenvalue weighted by Gasteiger charge is 2.20. The number of hydrogen-bond donors (Lipinski definition) is 1. The quantitative estimate of drug-likeness (QED) is 0.872. The van der Waals surface area contributed by atoms with E-state index in [0.29, 0.717) is 6.04 Å². The monoisotopic (exact) mass is 249 g/mol. The summed E-state index contributed by atoms with van der Waals surface area (Å²) in [5, 5.41) is 0. The van der Waals surface area contributed by atoms with E-state index in [1.165, 1.54) is 0 Å². The molecule has 3 nitrogen and oxygen atoms in total. The third kappa shape index (κ3) is 3.64. The Kier molecular flexibility index (Phi) is 4.88. The Bertz CT molecular complexity index is 359. The first-order valence-electron chi connectivity index (χ1n) is 6.93. The smallest absolute Gasteiger partial charge is 0.161 e. The molecule has 0 bridgehead atoms. The van der Waals surface area contributed by atoms with Crippen molar-refractivity contribution in [1.82, 2.24) is 0 Å². The van der Waals surface area contributed by atoms with Crippen LogP contribution in [0.2, 0.25) is 0 Å². The summed E-state index contributed by atoms with van der Waals surface area (Å²) in [6.45, 7) is 2.84. The molecule has 0 heterocycles. The molecule has 0 spiro atoms. The largest absolute Gasteiger partial charge is 0.490 e. The first kappa shape index (κ1) is 13.2. The molecule has 2 N–H and O–H groups in total. The summed E-state index contributed by atoms with van der Waals surface area (Å²) in [5.74, 6) is 1.72. The molecule has 0 atom stereocenters. The minimum absolute atomic E-state index is 0.288. The van der Waals surface area contributed by atoms with Gasteiger partial charge in [0, 0.05) is 6.04 Å². The maximum Gasteiger partial charge on any atom is 0.161 e. The van der Waals surface area contributed by atoms with Gasteiger partial charge >= 0.3 is 0 Å². The van der Waals surface area contributed by atoms with Crippen LogP contribution in [0.25, 0.3) is 0 Å². The van der Waals surface area contributed by atoms with Crippen molar-refractivity contribution < 1.29 is 9.47 Å². The molecule has 100 valence electrons. The standard InChI is InChI=1S/C15H23NO2/c1-2-11-17-14-5-3-4-6-15(14)18-13-9-7-12(16)8-10-13/h3-6,12-13H,2,7-11,16H2,1H3. The molecule has 1 aliphatic carbocycles. The highest BCUT2D eigenvalue weighted by Crippen LogP contribution is 2.30. The molecule has 2 rings (SSSR count). The molecular formula is C15H23NO2. The summed E-state index contributed by atoms with van der Waals surface area (Å²) in [7, 11) is 0. The lowest BCUT2D eigenvalue weighted by molar-refractivity contribution is 0.140. The van der Waals surface area contributed by atoms with Gasteiger partial charge in [0.15, 0.2) is 11.5 Å². The minimum Gasteiger partial charge on any atom is -0.490 e. The zero-order chi connectivity index (χ0) is 12.8. The molecule has 0 radical (unpaired) electrons. The lowest BCUT2D eigenvalue weighted by Gasteiger charge is -2.27. The third-order valence-corrected chi connectivity index (χ3v) is 3.32. The number of ether oxygens (including phenoxy) is 2. The van der Waals surface area contributed by atoms with Crippen LogP contribution in [-0.4, -0.2) is 18.8 Å². The zero-order valence-electron chi connectivity index (χ0n) is 11.1. The Morgan fingerprint density at radius 2 is 1.78 bits per heavy atom. The summed E-state index contributed by atoms with van der Waals surface area (Å²) < 4.78 is 11.8. The fourth-order valence-electron chi connectivity index (χ4n) is 2.26. The van der Waals surface area contributed by atoms with E-state index in [-0.39, 0.29) is 6.10 Å². The lowest BCUT2D eigenvalue weighted by atomic mass is 9.94. The fourth-order valence-corrected chi connectivity index (χ4v) is 2.26. The van der Waals surface area contributed by atoms with E-state index in [1.54, 1.807) is 0 Å². The number of rotatable bonds is 5. The molecule has 1 fully saturated rings. The predicted molar refractivity (Wildman–Crippen MR) is 73.1 cm³/mol. The molecule has 0 saturated heterocycles. The van der Waals surface area contributed by atoms with Crippen molar-refractivity contribution in [3.8, 4) is 11.5 Å². The van der Waals surface area contributed by atoms with Crippen molar-refractivity contribution >= 4 is 0 Å². The number of benzene rings is 1. The predicted octanol–water partition coefficient (Wildman–Crippen LogP) is 3.12. The van der Waals surface area contributed by atoms with Crippen LogP contribution in [0, 0.1) is 0 Å². The van der Waals surface area contributed by atoms with Crippen LogP contribution in [-0.2, 0) is 0 Å². The van der Waals surface area contributed by atoms with Gasteiger partial charge in [0.2, 0.25) is 0 Å². The van der Waals surface area contributed by atoms with Gasteiger partial charge in [-0.2, -0.15) is 0 Å². The lowest BCUT2D eigenvalue weighted by Crippen LogP contribution is -2.31. The van der Waals surface area contributed by atoms with Crippen molar-refractivity contribution in [2.45, 2.75) is 51.2 Å². The number of nitrogens with two attached hydrogens (primary N) is 1. The molecule has 0 aromatic heterocycles. The molecular weight excluding hydrogens is 226 g/mol. The second kappa shape index (κ2) is 6.64. The third-order valence-electron chi connectivity index (χ3n) is 3.32. The SMILES string of the molecule is CCCOc1ccccc1OC1CCC(N)CC1. The van der Waals surface area contributed by atoms with Gasteiger partial charge in [0.25, 0.3) is 0 Å². The second-order valence-electron chi connectivity index (χ2n) is 4.95. The zero-order valence-corrected chi connectivity index (χ0v) is 11.1. The summed E-state index contributed by atoms with van der Waals surface area (Å²) in [4.78, 5) is 0. The van der Waals surface area contributed by atoms with E-state index in [1.807, 2.05) is 24.3 Å². The van der Waals surface area contributed by atoms with Crippen LogP contribution in [0.3, 0.4) is 0 Å². The van der Waals surface area contributed by atoms with Gasteiger partial charge in [0.1, 0.15) is 0 Å². The van der Waals surface area contributed by atoms with Crippen LogP contribution < -0.4 is 15.2 Å². The molecule has 1 aliphatic rings. The molecule has 3 heteroatoms. The van der Waals surface area contributed by atoms with Gasteiger partial charge in [0.05, 0.1) is 12.7 Å².